The predicted molar refractivity (Wildman–Crippen MR) is 116 cm³/mol. The molecule has 0 amide bonds. The number of nitrogens with zero attached hydrogens (tertiary/aromatic N) is 1. The van der Waals surface area contributed by atoms with Crippen molar-refractivity contribution in [3.63, 3.8) is 0 Å². The minimum atomic E-state index is -0.558. The van der Waals surface area contributed by atoms with E-state index in [0.717, 1.165) is 19.7 Å². The third-order valence-electron chi connectivity index (χ3n) is 4.33. The lowest BCUT2D eigenvalue weighted by atomic mass is 10.0. The van der Waals surface area contributed by atoms with Crippen molar-refractivity contribution in [2.75, 3.05) is 0 Å². The summed E-state index contributed by atoms with van der Waals surface area (Å²) in [5, 5.41) is 10.5. The van der Waals surface area contributed by atoms with Crippen LogP contribution in [0.15, 0.2) is 73.7 Å². The van der Waals surface area contributed by atoms with Crippen LogP contribution < -0.4 is 5.63 Å². The van der Waals surface area contributed by atoms with Gasteiger partial charge in [-0.1, -0.05) is 24.3 Å². The molecule has 1 atom stereocenters. The van der Waals surface area contributed by atoms with E-state index < -0.39 is 5.63 Å². The average Bonchev–Trinajstić information content (AvgIpc) is 2.80. The molecule has 4 nitrogen and oxygen atoms in total. The maximum atomic E-state index is 12.5. The maximum absolute atomic E-state index is 12.5. The van der Waals surface area contributed by atoms with Crippen LogP contribution in [0.1, 0.15) is 28.6 Å². The van der Waals surface area contributed by atoms with Crippen molar-refractivity contribution in [1.29, 1.82) is 0 Å². The van der Waals surface area contributed by atoms with Crippen molar-refractivity contribution in [3.05, 3.63) is 85.5 Å². The van der Waals surface area contributed by atoms with Gasteiger partial charge in [0.25, 0.3) is 0 Å². The van der Waals surface area contributed by atoms with Crippen molar-refractivity contribution in [1.82, 2.24) is 0 Å². The fourth-order valence-electron chi connectivity index (χ4n) is 3.12. The fraction of sp³-hybridized carbons (Fsp3) is 0.143. The number of thioether (sulfide) groups is 1. The van der Waals surface area contributed by atoms with Gasteiger partial charge in [0.2, 0.25) is 0 Å². The van der Waals surface area contributed by atoms with Crippen molar-refractivity contribution >= 4 is 45.8 Å². The molecule has 1 N–H and O–H groups in total. The van der Waals surface area contributed by atoms with Gasteiger partial charge in [-0.25, -0.2) is 4.79 Å². The summed E-state index contributed by atoms with van der Waals surface area (Å²) in [6, 6.07) is 17.6. The van der Waals surface area contributed by atoms with E-state index in [1.807, 2.05) is 30.3 Å². The zero-order valence-electron chi connectivity index (χ0n) is 14.5. The molecular weight excluding hydrogens is 473 g/mol. The molecule has 1 aliphatic heterocycles. The van der Waals surface area contributed by atoms with Gasteiger partial charge in [0.1, 0.15) is 17.1 Å². The van der Waals surface area contributed by atoms with Gasteiger partial charge in [-0.2, -0.15) is 0 Å². The van der Waals surface area contributed by atoms with Gasteiger partial charge >= 0.3 is 5.63 Å². The lowest BCUT2D eigenvalue weighted by molar-refractivity contribution is 0.432. The summed E-state index contributed by atoms with van der Waals surface area (Å²) in [6.45, 7) is 1.64. The Labute approximate surface area is 174 Å². The lowest BCUT2D eigenvalue weighted by Crippen LogP contribution is -2.17. The average molecular weight is 489 g/mol. The summed E-state index contributed by atoms with van der Waals surface area (Å²) in [6.07, 6.45) is 0.515. The molecule has 3 aromatic rings. The second kappa shape index (κ2) is 7.52. The zero-order valence-corrected chi connectivity index (χ0v) is 17.5. The SMILES string of the molecule is Cc1cc(O)c(C2=Nc3ccccc3S[C@@H](c3cccc(I)c3)C2)c(=O)o1. The molecule has 0 fully saturated rings. The van der Waals surface area contributed by atoms with E-state index in [9.17, 15) is 9.90 Å². The van der Waals surface area contributed by atoms with E-state index >= 15 is 0 Å². The molecule has 0 unspecified atom stereocenters. The number of para-hydroxylation sites is 1. The normalized spacial score (nSPS) is 16.4. The minimum absolute atomic E-state index is 0.0715. The molecule has 2 heterocycles. The topological polar surface area (TPSA) is 62.8 Å². The predicted octanol–water partition coefficient (Wildman–Crippen LogP) is 5.62. The molecule has 6 heteroatoms. The van der Waals surface area contributed by atoms with Crippen molar-refractivity contribution in [2.24, 2.45) is 4.99 Å². The Kier molecular flexibility index (Phi) is 5.10. The third kappa shape index (κ3) is 3.82. The van der Waals surface area contributed by atoms with Crippen LogP contribution >= 0.6 is 34.4 Å². The molecule has 0 bridgehead atoms. The number of rotatable bonds is 2. The van der Waals surface area contributed by atoms with Gasteiger partial charge in [-0.05, 0) is 59.3 Å². The maximum Gasteiger partial charge on any atom is 0.348 e. The van der Waals surface area contributed by atoms with Gasteiger partial charge in [0.15, 0.2) is 0 Å². The zero-order chi connectivity index (χ0) is 19.0. The Hall–Kier alpha value is -2.06. The molecule has 4 rings (SSSR count). The first kappa shape index (κ1) is 18.3. The largest absolute Gasteiger partial charge is 0.507 e. The highest BCUT2D eigenvalue weighted by atomic mass is 127. The summed E-state index contributed by atoms with van der Waals surface area (Å²) >= 11 is 4.02. The molecule has 1 aliphatic rings. The minimum Gasteiger partial charge on any atom is -0.507 e. The molecule has 0 spiro atoms. The van der Waals surface area contributed by atoms with Crippen LogP contribution in [0.5, 0.6) is 5.75 Å². The molecule has 136 valence electrons. The van der Waals surface area contributed by atoms with Crippen LogP contribution in [0.3, 0.4) is 0 Å². The summed E-state index contributed by atoms with van der Waals surface area (Å²) in [5.74, 6) is 0.285. The number of hydrogen-bond donors (Lipinski definition) is 1. The number of aromatic hydroxyl groups is 1. The lowest BCUT2D eigenvalue weighted by Gasteiger charge is -2.16. The summed E-state index contributed by atoms with van der Waals surface area (Å²) < 4.78 is 6.38. The van der Waals surface area contributed by atoms with E-state index in [-0.39, 0.29) is 16.6 Å². The summed E-state index contributed by atoms with van der Waals surface area (Å²) in [4.78, 5) is 18.2. The Morgan fingerprint density at radius 3 is 2.78 bits per heavy atom. The quantitative estimate of drug-likeness (QED) is 0.475. The van der Waals surface area contributed by atoms with Gasteiger partial charge in [-0.15, -0.1) is 11.8 Å². The summed E-state index contributed by atoms with van der Waals surface area (Å²) in [7, 11) is 0. The molecular formula is C21H16INO3S. The van der Waals surface area contributed by atoms with Gasteiger partial charge in [0, 0.05) is 26.2 Å². The van der Waals surface area contributed by atoms with Crippen LogP contribution in [0.25, 0.3) is 0 Å². The van der Waals surface area contributed by atoms with E-state index in [2.05, 4.69) is 40.8 Å². The monoisotopic (exact) mass is 489 g/mol. The number of aliphatic imine (C=N–C) groups is 1. The standard InChI is InChI=1S/C21H16INO3S/c1-12-9-17(24)20(21(25)26-12)16-11-19(13-5-4-6-14(22)10-13)27-18-8-3-2-7-15(18)23-16/h2-10,19,24H,11H2,1H3/t19-/m1/s1. The number of aryl methyl sites for hydroxylation is 1. The Balaban J connectivity index is 1.88. The first-order valence-corrected chi connectivity index (χ1v) is 10.4. The van der Waals surface area contributed by atoms with E-state index in [1.165, 1.54) is 6.07 Å². The van der Waals surface area contributed by atoms with Crippen molar-refractivity contribution in [3.8, 4) is 5.75 Å². The third-order valence-corrected chi connectivity index (χ3v) is 6.33. The number of fused-ring (bicyclic) bond motifs is 1. The molecule has 0 saturated heterocycles. The molecule has 1 aromatic heterocycles. The van der Waals surface area contributed by atoms with Crippen molar-refractivity contribution in [2.45, 2.75) is 23.5 Å². The first-order chi connectivity index (χ1) is 13.0. The van der Waals surface area contributed by atoms with E-state index in [0.29, 0.717) is 17.9 Å². The molecule has 0 aliphatic carbocycles. The molecule has 0 saturated carbocycles. The van der Waals surface area contributed by atoms with Crippen LogP contribution in [-0.2, 0) is 0 Å². The number of halogens is 1. The Morgan fingerprint density at radius 1 is 1.19 bits per heavy atom. The molecule has 27 heavy (non-hydrogen) atoms. The van der Waals surface area contributed by atoms with E-state index in [1.54, 1.807) is 18.7 Å². The highest BCUT2D eigenvalue weighted by molar-refractivity contribution is 14.1. The summed E-state index contributed by atoms with van der Waals surface area (Å²) in [5.41, 5.74) is 2.09. The Morgan fingerprint density at radius 2 is 2.00 bits per heavy atom. The van der Waals surface area contributed by atoms with Gasteiger partial charge < -0.3 is 9.52 Å². The van der Waals surface area contributed by atoms with Gasteiger partial charge in [0.05, 0.1) is 11.4 Å². The van der Waals surface area contributed by atoms with Crippen molar-refractivity contribution < 1.29 is 9.52 Å². The highest BCUT2D eigenvalue weighted by Crippen LogP contribution is 2.45. The molecule has 2 aromatic carbocycles. The second-order valence-electron chi connectivity index (χ2n) is 6.30. The van der Waals surface area contributed by atoms with Crippen LogP contribution in [0.2, 0.25) is 0 Å². The fourth-order valence-corrected chi connectivity index (χ4v) is 4.91. The van der Waals surface area contributed by atoms with Crippen LogP contribution in [0.4, 0.5) is 5.69 Å². The Bertz CT molecular complexity index is 1110. The second-order valence-corrected chi connectivity index (χ2v) is 8.79. The van der Waals surface area contributed by atoms with Gasteiger partial charge in [-0.3, -0.25) is 4.99 Å². The highest BCUT2D eigenvalue weighted by Gasteiger charge is 2.26. The van der Waals surface area contributed by atoms with Crippen LogP contribution in [-0.4, -0.2) is 10.8 Å². The smallest absolute Gasteiger partial charge is 0.348 e. The number of benzene rings is 2. The first-order valence-electron chi connectivity index (χ1n) is 8.44. The van der Waals surface area contributed by atoms with Crippen LogP contribution in [0, 0.1) is 10.5 Å². The molecule has 0 radical (unpaired) electrons. The number of hydrogen-bond acceptors (Lipinski definition) is 5. The van der Waals surface area contributed by atoms with E-state index in [4.69, 9.17) is 9.41 Å².